The molecule has 1 aliphatic carbocycles. The first-order chi connectivity index (χ1) is 8.74. The highest BCUT2D eigenvalue weighted by Crippen LogP contribution is 2.30. The van der Waals surface area contributed by atoms with Gasteiger partial charge in [0.2, 0.25) is 0 Å². The van der Waals surface area contributed by atoms with Gasteiger partial charge < -0.3 is 4.74 Å². The first-order valence-electron chi connectivity index (χ1n) is 5.55. The zero-order valence-corrected chi connectivity index (χ0v) is 10.8. The van der Waals surface area contributed by atoms with Gasteiger partial charge in [-0.2, -0.15) is 0 Å². The van der Waals surface area contributed by atoms with Gasteiger partial charge in [0.25, 0.3) is 0 Å². The van der Waals surface area contributed by atoms with Crippen molar-refractivity contribution in [2.75, 3.05) is 7.11 Å². The number of rotatable bonds is 2. The maximum atomic E-state index is 12.0. The Morgan fingerprint density at radius 1 is 1.21 bits per heavy atom. The minimum atomic E-state index is -4.68. The maximum absolute atomic E-state index is 12.0. The predicted molar refractivity (Wildman–Crippen MR) is 58.7 cm³/mol. The van der Waals surface area contributed by atoms with Crippen LogP contribution in [0.25, 0.3) is 0 Å². The van der Waals surface area contributed by atoms with E-state index in [1.165, 1.54) is 0 Å². The zero-order chi connectivity index (χ0) is 14.6. The smallest absolute Gasteiger partial charge is 0.452 e. The Morgan fingerprint density at radius 2 is 1.74 bits per heavy atom. The Hall–Kier alpha value is -1.02. The third kappa shape index (κ3) is 4.87. The van der Waals surface area contributed by atoms with Gasteiger partial charge in [0.1, 0.15) is 0 Å². The van der Waals surface area contributed by atoms with Gasteiger partial charge in [0.15, 0.2) is 0 Å². The van der Waals surface area contributed by atoms with Crippen LogP contribution in [0.3, 0.4) is 0 Å². The van der Waals surface area contributed by atoms with E-state index in [1.54, 1.807) is 0 Å². The molecule has 2 amide bonds. The van der Waals surface area contributed by atoms with E-state index in [0.717, 1.165) is 7.11 Å². The third-order valence-corrected chi connectivity index (χ3v) is 3.05. The van der Waals surface area contributed by atoms with Crippen molar-refractivity contribution in [3.05, 3.63) is 0 Å². The van der Waals surface area contributed by atoms with Gasteiger partial charge in [-0.15, -0.1) is 13.2 Å². The first-order valence-corrected chi connectivity index (χ1v) is 5.93. The summed E-state index contributed by atoms with van der Waals surface area (Å²) in [5, 5.41) is -1.01. The number of halogens is 4. The minimum absolute atomic E-state index is 0.0852. The summed E-state index contributed by atoms with van der Waals surface area (Å²) in [7, 11) is 1.09. The minimum Gasteiger partial charge on any atom is -0.452 e. The molecule has 110 valence electrons. The summed E-state index contributed by atoms with van der Waals surface area (Å²) >= 11 is 5.27. The van der Waals surface area contributed by atoms with Crippen LogP contribution in [0.5, 0.6) is 0 Å². The Bertz CT molecular complexity index is 342. The van der Waals surface area contributed by atoms with Crippen molar-refractivity contribution in [3.63, 3.8) is 0 Å². The number of hydrogen-bond acceptors (Lipinski definition) is 4. The molecule has 1 saturated carbocycles. The number of carbonyl (C=O) groups is 2. The summed E-state index contributed by atoms with van der Waals surface area (Å²) in [6.07, 6.45) is -6.00. The van der Waals surface area contributed by atoms with Gasteiger partial charge in [-0.25, -0.2) is 9.69 Å². The van der Waals surface area contributed by atoms with Gasteiger partial charge in [-0.1, -0.05) is 0 Å². The average Bonchev–Trinajstić information content (AvgIpc) is 2.29. The molecule has 0 N–H and O–H groups in total. The summed E-state index contributed by atoms with van der Waals surface area (Å²) in [5.74, 6) is 0. The lowest BCUT2D eigenvalue weighted by Gasteiger charge is -2.33. The van der Waals surface area contributed by atoms with Crippen LogP contribution in [0.4, 0.5) is 22.8 Å². The second-order valence-electron chi connectivity index (χ2n) is 4.09. The fourth-order valence-corrected chi connectivity index (χ4v) is 2.28. The lowest BCUT2D eigenvalue weighted by molar-refractivity contribution is -0.345. The summed E-state index contributed by atoms with van der Waals surface area (Å²) in [6, 6.07) is -0.564. The molecule has 0 aromatic carbocycles. The molecule has 0 atom stereocenters. The molecular weight excluding hydrogens is 291 g/mol. The summed E-state index contributed by atoms with van der Waals surface area (Å²) < 4.78 is 44.4. The number of amides is 2. The van der Waals surface area contributed by atoms with Gasteiger partial charge in [0, 0.05) is 6.04 Å². The van der Waals surface area contributed by atoms with E-state index in [-0.39, 0.29) is 25.7 Å². The van der Waals surface area contributed by atoms with Crippen molar-refractivity contribution in [1.29, 1.82) is 0 Å². The van der Waals surface area contributed by atoms with Crippen LogP contribution in [0, 0.1) is 0 Å². The van der Waals surface area contributed by atoms with Crippen molar-refractivity contribution in [2.45, 2.75) is 44.2 Å². The Kier molecular flexibility index (Phi) is 5.42. The molecule has 0 radical (unpaired) electrons. The molecule has 5 nitrogen and oxygen atoms in total. The molecule has 0 heterocycles. The van der Waals surface area contributed by atoms with Crippen LogP contribution in [-0.2, 0) is 9.47 Å². The Balaban J connectivity index is 2.56. The van der Waals surface area contributed by atoms with Gasteiger partial charge in [0.05, 0.1) is 13.2 Å². The second kappa shape index (κ2) is 6.42. The van der Waals surface area contributed by atoms with E-state index < -0.39 is 30.0 Å². The van der Waals surface area contributed by atoms with E-state index in [9.17, 15) is 22.8 Å². The van der Waals surface area contributed by atoms with Gasteiger partial charge in [-0.05, 0) is 37.3 Å². The molecule has 1 fully saturated rings. The van der Waals surface area contributed by atoms with E-state index in [4.69, 9.17) is 11.6 Å². The number of ether oxygens (including phenoxy) is 2. The third-order valence-electron chi connectivity index (χ3n) is 2.87. The molecule has 9 heteroatoms. The first kappa shape index (κ1) is 16.0. The van der Waals surface area contributed by atoms with E-state index in [2.05, 4.69) is 9.47 Å². The SMILES string of the molecule is COC(=O)N(C(=O)Cl)C1CCC(OC(F)(F)F)CC1. The summed E-state index contributed by atoms with van der Waals surface area (Å²) in [6.45, 7) is 0. The molecule has 0 aliphatic heterocycles. The van der Waals surface area contributed by atoms with Crippen molar-refractivity contribution in [3.8, 4) is 0 Å². The van der Waals surface area contributed by atoms with Crippen molar-refractivity contribution < 1.29 is 32.2 Å². The molecule has 0 spiro atoms. The molecular formula is C10H13ClF3NO4. The molecule has 0 saturated heterocycles. The highest BCUT2D eigenvalue weighted by atomic mass is 35.5. The topological polar surface area (TPSA) is 55.8 Å². The lowest BCUT2D eigenvalue weighted by atomic mass is 9.92. The predicted octanol–water partition coefficient (Wildman–Crippen LogP) is 3.26. The van der Waals surface area contributed by atoms with Gasteiger partial charge >= 0.3 is 17.8 Å². The van der Waals surface area contributed by atoms with E-state index >= 15 is 0 Å². The maximum Gasteiger partial charge on any atom is 0.522 e. The zero-order valence-electron chi connectivity index (χ0n) is 10.1. The van der Waals surface area contributed by atoms with Crippen molar-refractivity contribution in [2.24, 2.45) is 0 Å². The standard InChI is InChI=1S/C10H13ClF3NO4/c1-18-9(17)15(8(11)16)6-2-4-7(5-3-6)19-10(12,13)14/h6-7H,2-5H2,1H3. The fourth-order valence-electron chi connectivity index (χ4n) is 2.07. The number of nitrogens with zero attached hydrogens (tertiary/aromatic N) is 1. The van der Waals surface area contributed by atoms with Crippen molar-refractivity contribution >= 4 is 23.1 Å². The quantitative estimate of drug-likeness (QED) is 0.580. The fraction of sp³-hybridized carbons (Fsp3) is 0.800. The highest BCUT2D eigenvalue weighted by Gasteiger charge is 2.38. The normalized spacial score (nSPS) is 23.8. The lowest BCUT2D eigenvalue weighted by Crippen LogP contribution is -2.45. The molecule has 1 rings (SSSR count). The number of alkyl halides is 3. The van der Waals surface area contributed by atoms with Crippen LogP contribution in [-0.4, -0.2) is 42.0 Å². The number of imide groups is 1. The largest absolute Gasteiger partial charge is 0.522 e. The second-order valence-corrected chi connectivity index (χ2v) is 4.41. The van der Waals surface area contributed by atoms with E-state index in [0.29, 0.717) is 4.90 Å². The molecule has 0 aromatic heterocycles. The molecule has 19 heavy (non-hydrogen) atoms. The molecule has 0 aromatic rings. The Labute approximate surface area is 112 Å². The highest BCUT2D eigenvalue weighted by molar-refractivity contribution is 6.63. The van der Waals surface area contributed by atoms with E-state index in [1.807, 2.05) is 0 Å². The van der Waals surface area contributed by atoms with Crippen LogP contribution < -0.4 is 0 Å². The average molecular weight is 304 g/mol. The van der Waals surface area contributed by atoms with Crippen LogP contribution in [0.1, 0.15) is 25.7 Å². The number of carbonyl (C=O) groups excluding carboxylic acids is 2. The molecule has 0 unspecified atom stereocenters. The summed E-state index contributed by atoms with van der Waals surface area (Å²) in [4.78, 5) is 23.2. The molecule has 1 aliphatic rings. The molecule has 0 bridgehead atoms. The Morgan fingerprint density at radius 3 is 2.11 bits per heavy atom. The van der Waals surface area contributed by atoms with Crippen LogP contribution >= 0.6 is 11.6 Å². The summed E-state index contributed by atoms with van der Waals surface area (Å²) in [5.41, 5.74) is 0. The van der Waals surface area contributed by atoms with Crippen molar-refractivity contribution in [1.82, 2.24) is 4.90 Å². The van der Waals surface area contributed by atoms with Crippen LogP contribution in [0.15, 0.2) is 0 Å². The monoisotopic (exact) mass is 303 g/mol. The van der Waals surface area contributed by atoms with Crippen LogP contribution in [0.2, 0.25) is 0 Å². The number of hydrogen-bond donors (Lipinski definition) is 0. The number of methoxy groups -OCH3 is 1. The van der Waals surface area contributed by atoms with Gasteiger partial charge in [-0.3, -0.25) is 9.53 Å².